The van der Waals surface area contributed by atoms with Crippen LogP contribution in [0.25, 0.3) is 10.9 Å². The third-order valence-electron chi connectivity index (χ3n) is 2.44. The zero-order valence-electron chi connectivity index (χ0n) is 8.63. The zero-order chi connectivity index (χ0) is 11.0. The van der Waals surface area contributed by atoms with E-state index in [1.807, 2.05) is 26.1 Å². The van der Waals surface area contributed by atoms with E-state index in [1.54, 1.807) is 6.20 Å². The Kier molecular flexibility index (Phi) is 2.40. The second-order valence-corrected chi connectivity index (χ2v) is 3.81. The number of benzene rings is 1. The molecule has 0 fully saturated rings. The van der Waals surface area contributed by atoms with Crippen LogP contribution in [-0.2, 0) is 0 Å². The number of hydrogen-bond donors (Lipinski definition) is 2. The van der Waals surface area contributed by atoms with Gasteiger partial charge < -0.3 is 11.1 Å². The maximum atomic E-state index is 6.25. The highest BCUT2D eigenvalue weighted by molar-refractivity contribution is 6.37. The van der Waals surface area contributed by atoms with Gasteiger partial charge in [-0.1, -0.05) is 17.7 Å². The Morgan fingerprint density at radius 3 is 2.80 bits per heavy atom. The van der Waals surface area contributed by atoms with Gasteiger partial charge in [0.2, 0.25) is 0 Å². The molecule has 0 unspecified atom stereocenters. The Hall–Kier alpha value is -1.48. The molecule has 1 aromatic heterocycles. The number of nitrogens with two attached hydrogens (primary N) is 1. The molecule has 78 valence electrons. The number of rotatable bonds is 1. The van der Waals surface area contributed by atoms with Crippen molar-refractivity contribution in [3.8, 4) is 0 Å². The molecule has 2 aromatic rings. The first-order chi connectivity index (χ1) is 7.15. The van der Waals surface area contributed by atoms with E-state index in [0.29, 0.717) is 10.7 Å². The molecule has 3 nitrogen and oxygen atoms in total. The summed E-state index contributed by atoms with van der Waals surface area (Å²) in [6, 6.07) is 3.89. The third-order valence-corrected chi connectivity index (χ3v) is 2.93. The van der Waals surface area contributed by atoms with Crippen molar-refractivity contribution in [3.05, 3.63) is 28.9 Å². The highest BCUT2D eigenvalue weighted by Crippen LogP contribution is 2.34. The van der Waals surface area contributed by atoms with Crippen molar-refractivity contribution in [1.29, 1.82) is 0 Å². The standard InChI is InChI=1S/C11H12ClN3/c1-6-3-4-8-9(10(6)12)11(14-2)7(13)5-15-8/h3-5H,13H2,1-2H3,(H,14,15). The zero-order valence-corrected chi connectivity index (χ0v) is 9.39. The minimum atomic E-state index is 0.609. The molecule has 0 saturated heterocycles. The predicted molar refractivity (Wildman–Crippen MR) is 65.4 cm³/mol. The number of fused-ring (bicyclic) bond motifs is 1. The molecule has 0 aliphatic heterocycles. The van der Waals surface area contributed by atoms with E-state index in [2.05, 4.69) is 10.3 Å². The Morgan fingerprint density at radius 2 is 2.13 bits per heavy atom. The van der Waals surface area contributed by atoms with Gasteiger partial charge in [0.15, 0.2) is 0 Å². The molecular formula is C11H12ClN3. The summed E-state index contributed by atoms with van der Waals surface area (Å²) in [4.78, 5) is 4.24. The molecule has 1 aromatic carbocycles. The molecule has 0 spiro atoms. The second kappa shape index (κ2) is 3.59. The summed E-state index contributed by atoms with van der Waals surface area (Å²) >= 11 is 6.25. The number of halogens is 1. The lowest BCUT2D eigenvalue weighted by Gasteiger charge is -2.11. The maximum absolute atomic E-state index is 6.25. The molecule has 2 rings (SSSR count). The fourth-order valence-corrected chi connectivity index (χ4v) is 1.89. The summed E-state index contributed by atoms with van der Waals surface area (Å²) in [7, 11) is 1.82. The lowest BCUT2D eigenvalue weighted by Crippen LogP contribution is -1.98. The summed E-state index contributed by atoms with van der Waals surface area (Å²) in [5.41, 5.74) is 9.16. The minimum Gasteiger partial charge on any atom is -0.396 e. The van der Waals surface area contributed by atoms with E-state index < -0.39 is 0 Å². The first-order valence-corrected chi connectivity index (χ1v) is 5.04. The van der Waals surface area contributed by atoms with Crippen molar-refractivity contribution in [2.45, 2.75) is 6.92 Å². The molecule has 1 heterocycles. The Labute approximate surface area is 93.3 Å². The highest BCUT2D eigenvalue weighted by atomic mass is 35.5. The summed E-state index contributed by atoms with van der Waals surface area (Å²) in [5.74, 6) is 0. The predicted octanol–water partition coefficient (Wildman–Crippen LogP) is 2.82. The van der Waals surface area contributed by atoms with Crippen molar-refractivity contribution >= 4 is 33.9 Å². The quantitative estimate of drug-likeness (QED) is 0.779. The van der Waals surface area contributed by atoms with E-state index >= 15 is 0 Å². The van der Waals surface area contributed by atoms with Crippen LogP contribution in [0, 0.1) is 6.92 Å². The number of pyridine rings is 1. The number of nitrogens with zero attached hydrogens (tertiary/aromatic N) is 1. The van der Waals surface area contributed by atoms with Crippen LogP contribution in [0.15, 0.2) is 18.3 Å². The van der Waals surface area contributed by atoms with E-state index in [-0.39, 0.29) is 0 Å². The van der Waals surface area contributed by atoms with Gasteiger partial charge in [0.05, 0.1) is 28.1 Å². The van der Waals surface area contributed by atoms with Gasteiger partial charge in [-0.15, -0.1) is 0 Å². The molecule has 15 heavy (non-hydrogen) atoms. The first-order valence-electron chi connectivity index (χ1n) is 4.66. The minimum absolute atomic E-state index is 0.609. The van der Waals surface area contributed by atoms with Crippen LogP contribution in [0.1, 0.15) is 5.56 Å². The average Bonchev–Trinajstić information content (AvgIpc) is 2.24. The van der Waals surface area contributed by atoms with E-state index in [1.165, 1.54) is 0 Å². The maximum Gasteiger partial charge on any atom is 0.0743 e. The van der Waals surface area contributed by atoms with Crippen molar-refractivity contribution < 1.29 is 0 Å². The van der Waals surface area contributed by atoms with E-state index in [4.69, 9.17) is 17.3 Å². The van der Waals surface area contributed by atoms with E-state index in [0.717, 1.165) is 22.2 Å². The average molecular weight is 222 g/mol. The highest BCUT2D eigenvalue weighted by Gasteiger charge is 2.10. The third kappa shape index (κ3) is 1.49. The van der Waals surface area contributed by atoms with Gasteiger partial charge in [0, 0.05) is 12.4 Å². The molecule has 0 aliphatic rings. The Balaban J connectivity index is 2.94. The summed E-state index contributed by atoms with van der Waals surface area (Å²) < 4.78 is 0. The monoisotopic (exact) mass is 221 g/mol. The SMILES string of the molecule is CNc1c(N)cnc2ccc(C)c(Cl)c12. The topological polar surface area (TPSA) is 50.9 Å². The molecule has 3 N–H and O–H groups in total. The van der Waals surface area contributed by atoms with E-state index in [9.17, 15) is 0 Å². The normalized spacial score (nSPS) is 10.6. The van der Waals surface area contributed by atoms with Crippen LogP contribution in [0.4, 0.5) is 11.4 Å². The number of nitrogens with one attached hydrogen (secondary N) is 1. The van der Waals surface area contributed by atoms with Crippen LogP contribution in [-0.4, -0.2) is 12.0 Å². The summed E-state index contributed by atoms with van der Waals surface area (Å²) in [5, 5.41) is 4.65. The van der Waals surface area contributed by atoms with Crippen molar-refractivity contribution in [1.82, 2.24) is 4.98 Å². The lowest BCUT2D eigenvalue weighted by molar-refractivity contribution is 1.38. The molecule has 0 bridgehead atoms. The van der Waals surface area contributed by atoms with Crippen molar-refractivity contribution in [3.63, 3.8) is 0 Å². The Morgan fingerprint density at radius 1 is 1.40 bits per heavy atom. The Bertz CT molecular complexity index is 517. The molecule has 4 heteroatoms. The van der Waals surface area contributed by atoms with Gasteiger partial charge in [-0.25, -0.2) is 0 Å². The molecule has 0 atom stereocenters. The largest absolute Gasteiger partial charge is 0.396 e. The first kappa shape index (κ1) is 10.1. The lowest BCUT2D eigenvalue weighted by atomic mass is 10.1. The molecule has 0 saturated carbocycles. The van der Waals surface area contributed by atoms with Crippen LogP contribution in [0.2, 0.25) is 5.02 Å². The molecule has 0 aliphatic carbocycles. The summed E-state index contributed by atoms with van der Waals surface area (Å²) in [6.07, 6.45) is 1.64. The fraction of sp³-hybridized carbons (Fsp3) is 0.182. The number of nitrogen functional groups attached to an aromatic ring is 1. The van der Waals surface area contributed by atoms with Crippen molar-refractivity contribution in [2.75, 3.05) is 18.1 Å². The van der Waals surface area contributed by atoms with Gasteiger partial charge in [0.25, 0.3) is 0 Å². The number of aryl methyl sites for hydroxylation is 1. The van der Waals surface area contributed by atoms with Gasteiger partial charge in [0.1, 0.15) is 0 Å². The van der Waals surface area contributed by atoms with Crippen molar-refractivity contribution in [2.24, 2.45) is 0 Å². The fourth-order valence-electron chi connectivity index (χ4n) is 1.63. The van der Waals surface area contributed by atoms with Crippen LogP contribution >= 0.6 is 11.6 Å². The molecule has 0 amide bonds. The van der Waals surface area contributed by atoms with Crippen LogP contribution in [0.5, 0.6) is 0 Å². The van der Waals surface area contributed by atoms with Gasteiger partial charge in [-0.05, 0) is 18.6 Å². The summed E-state index contributed by atoms with van der Waals surface area (Å²) in [6.45, 7) is 1.96. The van der Waals surface area contributed by atoms with Gasteiger partial charge >= 0.3 is 0 Å². The smallest absolute Gasteiger partial charge is 0.0743 e. The van der Waals surface area contributed by atoms with Crippen LogP contribution in [0.3, 0.4) is 0 Å². The second-order valence-electron chi connectivity index (χ2n) is 3.43. The van der Waals surface area contributed by atoms with Crippen LogP contribution < -0.4 is 11.1 Å². The molecular weight excluding hydrogens is 210 g/mol. The number of aromatic nitrogens is 1. The molecule has 0 radical (unpaired) electrons. The van der Waals surface area contributed by atoms with Gasteiger partial charge in [-0.3, -0.25) is 4.98 Å². The number of hydrogen-bond acceptors (Lipinski definition) is 3. The van der Waals surface area contributed by atoms with Gasteiger partial charge in [-0.2, -0.15) is 0 Å². The number of anilines is 2.